The summed E-state index contributed by atoms with van der Waals surface area (Å²) in [5, 5.41) is 8.91. The molecule has 0 aromatic heterocycles. The molecular formula is C11H23NO5S. The fraction of sp³-hybridized carbons (Fsp3) is 0.909. The van der Waals surface area contributed by atoms with Crippen LogP contribution in [0.4, 0.5) is 0 Å². The van der Waals surface area contributed by atoms with Crippen LogP contribution in [0, 0.1) is 5.41 Å². The lowest BCUT2D eigenvalue weighted by Gasteiger charge is -2.19. The van der Waals surface area contributed by atoms with E-state index in [4.69, 9.17) is 9.84 Å². The maximum Gasteiger partial charge on any atom is 0.321 e. The molecule has 0 aromatic rings. The molecule has 0 aromatic carbocycles. The van der Waals surface area contributed by atoms with Gasteiger partial charge in [0.05, 0.1) is 5.75 Å². The minimum atomic E-state index is -3.58. The summed E-state index contributed by atoms with van der Waals surface area (Å²) in [7, 11) is -2.14. The number of nitrogens with one attached hydrogen (secondary N) is 1. The topological polar surface area (TPSA) is 92.7 Å². The normalized spacial score (nSPS) is 14.4. The van der Waals surface area contributed by atoms with Gasteiger partial charge in [0.1, 0.15) is 6.04 Å². The van der Waals surface area contributed by atoms with Gasteiger partial charge in [0, 0.05) is 13.7 Å². The average molecular weight is 281 g/mol. The van der Waals surface area contributed by atoms with E-state index < -0.39 is 22.0 Å². The summed E-state index contributed by atoms with van der Waals surface area (Å²) in [5.41, 5.74) is -0.111. The van der Waals surface area contributed by atoms with Crippen molar-refractivity contribution in [2.24, 2.45) is 5.41 Å². The van der Waals surface area contributed by atoms with Gasteiger partial charge < -0.3 is 9.84 Å². The van der Waals surface area contributed by atoms with E-state index in [1.165, 1.54) is 7.11 Å². The second-order valence-corrected chi connectivity index (χ2v) is 7.29. The van der Waals surface area contributed by atoms with Gasteiger partial charge in [0.2, 0.25) is 10.0 Å². The molecule has 0 saturated carbocycles. The summed E-state index contributed by atoms with van der Waals surface area (Å²) in [4.78, 5) is 10.9. The van der Waals surface area contributed by atoms with Gasteiger partial charge >= 0.3 is 5.97 Å². The predicted octanol–water partition coefficient (Wildman–Crippen LogP) is 0.832. The van der Waals surface area contributed by atoms with Crippen molar-refractivity contribution in [2.75, 3.05) is 19.5 Å². The van der Waals surface area contributed by atoms with Crippen LogP contribution in [0.5, 0.6) is 0 Å². The minimum absolute atomic E-state index is 0.0761. The van der Waals surface area contributed by atoms with Crippen molar-refractivity contribution in [3.05, 3.63) is 0 Å². The smallest absolute Gasteiger partial charge is 0.321 e. The van der Waals surface area contributed by atoms with Gasteiger partial charge in [0.25, 0.3) is 0 Å². The van der Waals surface area contributed by atoms with E-state index in [9.17, 15) is 13.2 Å². The van der Waals surface area contributed by atoms with Crippen LogP contribution in [0.15, 0.2) is 0 Å². The summed E-state index contributed by atoms with van der Waals surface area (Å²) in [6.45, 7) is 5.99. The Morgan fingerprint density at radius 3 is 2.33 bits per heavy atom. The first-order valence-corrected chi connectivity index (χ1v) is 7.44. The number of carboxylic acids is 1. The Kier molecular flexibility index (Phi) is 6.80. The lowest BCUT2D eigenvalue weighted by Crippen LogP contribution is -2.42. The van der Waals surface area contributed by atoms with Crippen LogP contribution in [0.3, 0.4) is 0 Å². The molecule has 108 valence electrons. The van der Waals surface area contributed by atoms with E-state index in [0.29, 0.717) is 6.42 Å². The first-order chi connectivity index (χ1) is 8.07. The fourth-order valence-corrected chi connectivity index (χ4v) is 2.84. The van der Waals surface area contributed by atoms with E-state index >= 15 is 0 Å². The first kappa shape index (κ1) is 17.3. The molecule has 6 nitrogen and oxygen atoms in total. The van der Waals surface area contributed by atoms with Crippen molar-refractivity contribution in [2.45, 2.75) is 39.7 Å². The lowest BCUT2D eigenvalue weighted by molar-refractivity contribution is -0.139. The van der Waals surface area contributed by atoms with Gasteiger partial charge in [-0.05, 0) is 18.3 Å². The van der Waals surface area contributed by atoms with Crippen LogP contribution in [0.2, 0.25) is 0 Å². The summed E-state index contributed by atoms with van der Waals surface area (Å²) in [6.07, 6.45) is 0.583. The Morgan fingerprint density at radius 2 is 1.94 bits per heavy atom. The van der Waals surface area contributed by atoms with Crippen molar-refractivity contribution < 1.29 is 23.1 Å². The number of ether oxygens (including phenoxy) is 1. The Bertz CT molecular complexity index is 358. The molecule has 0 aliphatic rings. The Labute approximate surface area is 109 Å². The van der Waals surface area contributed by atoms with Crippen molar-refractivity contribution in [1.82, 2.24) is 4.72 Å². The minimum Gasteiger partial charge on any atom is -0.480 e. The molecule has 0 rings (SSSR count). The Morgan fingerprint density at radius 1 is 1.39 bits per heavy atom. The molecule has 0 radical (unpaired) electrons. The zero-order valence-electron chi connectivity index (χ0n) is 11.4. The predicted molar refractivity (Wildman–Crippen MR) is 68.9 cm³/mol. The van der Waals surface area contributed by atoms with Crippen LogP contribution in [0.1, 0.15) is 33.6 Å². The molecule has 18 heavy (non-hydrogen) atoms. The fourth-order valence-electron chi connectivity index (χ4n) is 1.18. The number of hydrogen-bond donors (Lipinski definition) is 2. The van der Waals surface area contributed by atoms with Crippen LogP contribution >= 0.6 is 0 Å². The quantitative estimate of drug-likeness (QED) is 0.687. The molecule has 7 heteroatoms. The highest BCUT2D eigenvalue weighted by atomic mass is 32.2. The molecular weight excluding hydrogens is 258 g/mol. The van der Waals surface area contributed by atoms with Crippen LogP contribution in [-0.2, 0) is 19.6 Å². The molecule has 1 atom stereocenters. The number of methoxy groups -OCH3 is 1. The molecule has 0 spiro atoms. The molecule has 0 fully saturated rings. The number of aliphatic carboxylic acids is 1. The highest BCUT2D eigenvalue weighted by molar-refractivity contribution is 7.89. The zero-order valence-corrected chi connectivity index (χ0v) is 12.2. The molecule has 2 N–H and O–H groups in total. The SMILES string of the molecule is COCCC(NS(=O)(=O)CCC(C)(C)C)C(=O)O. The largest absolute Gasteiger partial charge is 0.480 e. The molecule has 0 saturated heterocycles. The number of hydrogen-bond acceptors (Lipinski definition) is 4. The highest BCUT2D eigenvalue weighted by Gasteiger charge is 2.25. The van der Waals surface area contributed by atoms with Crippen LogP contribution in [-0.4, -0.2) is 45.0 Å². The van der Waals surface area contributed by atoms with Gasteiger partial charge in [-0.2, -0.15) is 0 Å². The summed E-state index contributed by atoms with van der Waals surface area (Å²) >= 11 is 0. The van der Waals surface area contributed by atoms with Gasteiger partial charge in [0.15, 0.2) is 0 Å². The van der Waals surface area contributed by atoms with Gasteiger partial charge in [-0.15, -0.1) is 0 Å². The van der Waals surface area contributed by atoms with Gasteiger partial charge in [-0.3, -0.25) is 4.79 Å². The second-order valence-electron chi connectivity index (χ2n) is 5.42. The molecule has 0 amide bonds. The maximum absolute atomic E-state index is 11.7. The third-order valence-corrected chi connectivity index (χ3v) is 3.74. The zero-order chi connectivity index (χ0) is 14.4. The number of carboxylic acid groups (broad SMARTS) is 1. The monoisotopic (exact) mass is 281 g/mol. The second kappa shape index (κ2) is 7.06. The van der Waals surface area contributed by atoms with Crippen LogP contribution in [0.25, 0.3) is 0 Å². The van der Waals surface area contributed by atoms with E-state index in [2.05, 4.69) is 4.72 Å². The summed E-state index contributed by atoms with van der Waals surface area (Å²) < 4.78 is 30.4. The van der Waals surface area contributed by atoms with E-state index in [0.717, 1.165) is 0 Å². The Balaban J connectivity index is 4.47. The third kappa shape index (κ3) is 8.43. The molecule has 0 heterocycles. The van der Waals surface area contributed by atoms with Crippen molar-refractivity contribution >= 4 is 16.0 Å². The van der Waals surface area contributed by atoms with Crippen molar-refractivity contribution in [3.8, 4) is 0 Å². The molecule has 1 unspecified atom stereocenters. The lowest BCUT2D eigenvalue weighted by atomic mass is 9.94. The third-order valence-electron chi connectivity index (χ3n) is 2.35. The average Bonchev–Trinajstić information content (AvgIpc) is 2.20. The van der Waals surface area contributed by atoms with E-state index in [-0.39, 0.29) is 24.2 Å². The number of sulfonamides is 1. The van der Waals surface area contributed by atoms with Crippen molar-refractivity contribution in [1.29, 1.82) is 0 Å². The maximum atomic E-state index is 11.7. The first-order valence-electron chi connectivity index (χ1n) is 5.79. The van der Waals surface area contributed by atoms with E-state index in [1.54, 1.807) is 0 Å². The summed E-state index contributed by atoms with van der Waals surface area (Å²) in [5.74, 6) is -1.26. The Hall–Kier alpha value is -0.660. The number of carbonyl (C=O) groups is 1. The van der Waals surface area contributed by atoms with Gasteiger partial charge in [-0.1, -0.05) is 20.8 Å². The molecule has 0 aliphatic heterocycles. The van der Waals surface area contributed by atoms with Crippen LogP contribution < -0.4 is 4.72 Å². The number of rotatable bonds is 8. The highest BCUT2D eigenvalue weighted by Crippen LogP contribution is 2.19. The molecule has 0 aliphatic carbocycles. The van der Waals surface area contributed by atoms with Gasteiger partial charge in [-0.25, -0.2) is 13.1 Å². The standard InChI is InChI=1S/C11H23NO5S/c1-11(2,3)6-8-18(15,16)12-9(10(13)14)5-7-17-4/h9,12H,5-8H2,1-4H3,(H,13,14). The van der Waals surface area contributed by atoms with Crippen molar-refractivity contribution in [3.63, 3.8) is 0 Å². The molecule has 0 bridgehead atoms. The van der Waals surface area contributed by atoms with E-state index in [1.807, 2.05) is 20.8 Å². The summed E-state index contributed by atoms with van der Waals surface area (Å²) in [6, 6.07) is -1.13.